The highest BCUT2D eigenvalue weighted by atomic mass is 35.5. The Morgan fingerprint density at radius 1 is 0.750 bits per heavy atom. The van der Waals surface area contributed by atoms with E-state index >= 15 is 0 Å². The third-order valence-corrected chi connectivity index (χ3v) is 7.59. The Morgan fingerprint density at radius 3 is 1.38 bits per heavy atom. The van der Waals surface area contributed by atoms with Crippen LogP contribution in [0.5, 0.6) is 0 Å². The van der Waals surface area contributed by atoms with Crippen molar-refractivity contribution in [3.8, 4) is 0 Å². The molecule has 4 aliphatic rings. The van der Waals surface area contributed by atoms with Crippen LogP contribution in [0.25, 0.3) is 0 Å². The average molecular weight is 237 g/mol. The molecule has 0 radical (unpaired) electrons. The smallest absolute Gasteiger partial charge is 0.194 e. The topological polar surface area (TPSA) is 0 Å². The van der Waals surface area contributed by atoms with Crippen LogP contribution < -0.4 is 0 Å². The van der Waals surface area contributed by atoms with E-state index in [0.717, 1.165) is 11.8 Å². The summed E-state index contributed by atoms with van der Waals surface area (Å²) < 4.78 is 0. The van der Waals surface area contributed by atoms with Gasteiger partial charge in [-0.15, -0.1) is 0 Å². The molecule has 0 heterocycles. The van der Waals surface area contributed by atoms with Crippen molar-refractivity contribution in [2.24, 2.45) is 11.8 Å². The molecular weight excluding hydrogens is 214 g/mol. The fraction of sp³-hybridized carbons (Fsp3) is 1.00. The van der Waals surface area contributed by atoms with E-state index in [1.54, 1.807) is 0 Å². The second-order valence-corrected chi connectivity index (χ2v) is 7.82. The Bertz CT molecular complexity index is 268. The lowest BCUT2D eigenvalue weighted by molar-refractivity contribution is 0.452. The maximum Gasteiger partial charge on any atom is 0.263 e. The largest absolute Gasteiger partial charge is 0.263 e. The molecule has 16 heavy (non-hydrogen) atoms. The number of hydrogen-bond donors (Lipinski definition) is 0. The average Bonchev–Trinajstić information content (AvgIpc) is 3.08. The van der Waals surface area contributed by atoms with E-state index in [1.807, 2.05) is 0 Å². The van der Waals surface area contributed by atoms with E-state index in [1.165, 1.54) is 64.2 Å². The van der Waals surface area contributed by atoms with Gasteiger partial charge in [0.1, 0.15) is 0 Å². The van der Waals surface area contributed by atoms with Crippen LogP contribution >= 0.6 is 11.5 Å². The predicted octanol–water partition coefficient (Wildman–Crippen LogP) is 4.89. The minimum atomic E-state index is 0.528. The Labute approximate surface area is 105 Å². The molecule has 0 aliphatic heterocycles. The lowest BCUT2D eigenvalue weighted by Crippen LogP contribution is -2.35. The Hall–Kier alpha value is 0.355. The number of halogens is 1. The van der Waals surface area contributed by atoms with Gasteiger partial charge in [0, 0.05) is 0 Å². The summed E-state index contributed by atoms with van der Waals surface area (Å²) in [6.07, 6.45) is 15.3. The minimum absolute atomic E-state index is 0.528. The standard InChI is InChI=1S/C14H22BCl/c16-15(13-5-1-11(9-13)2-6-13)14-7-3-12(10-14)4-8-14/h11-12H,1-10H2. The quantitative estimate of drug-likeness (QED) is 0.599. The van der Waals surface area contributed by atoms with Gasteiger partial charge in [-0.1, -0.05) is 64.2 Å². The first-order valence-electron chi connectivity index (χ1n) is 7.37. The molecule has 0 amide bonds. The van der Waals surface area contributed by atoms with Crippen LogP contribution in [0.1, 0.15) is 64.2 Å². The van der Waals surface area contributed by atoms with E-state index in [0.29, 0.717) is 16.8 Å². The van der Waals surface area contributed by atoms with Gasteiger partial charge in [0.15, 0.2) is 0 Å². The lowest BCUT2D eigenvalue weighted by atomic mass is 9.35. The molecule has 4 rings (SSSR count). The molecule has 0 nitrogen and oxygen atoms in total. The summed E-state index contributed by atoms with van der Waals surface area (Å²) >= 11 is 7.06. The van der Waals surface area contributed by atoms with Gasteiger partial charge in [-0.25, -0.2) is 0 Å². The molecule has 88 valence electrons. The Balaban J connectivity index is 1.63. The minimum Gasteiger partial charge on any atom is -0.194 e. The van der Waals surface area contributed by atoms with E-state index in [4.69, 9.17) is 11.5 Å². The summed E-state index contributed by atoms with van der Waals surface area (Å²) in [6.45, 7) is 0. The van der Waals surface area contributed by atoms with Gasteiger partial charge in [0.2, 0.25) is 0 Å². The molecular formula is C14H22BCl. The van der Waals surface area contributed by atoms with Gasteiger partial charge in [-0.05, 0) is 22.5 Å². The van der Waals surface area contributed by atoms with Crippen LogP contribution in [0.2, 0.25) is 10.6 Å². The first-order chi connectivity index (χ1) is 7.73. The summed E-state index contributed by atoms with van der Waals surface area (Å²) in [4.78, 5) is 0. The molecule has 4 fully saturated rings. The van der Waals surface area contributed by atoms with E-state index < -0.39 is 0 Å². The van der Waals surface area contributed by atoms with Crippen molar-refractivity contribution in [2.75, 3.05) is 0 Å². The molecule has 0 spiro atoms. The number of rotatable bonds is 2. The van der Waals surface area contributed by atoms with Crippen molar-refractivity contribution in [1.29, 1.82) is 0 Å². The van der Waals surface area contributed by atoms with Crippen LogP contribution in [-0.2, 0) is 0 Å². The molecule has 4 bridgehead atoms. The van der Waals surface area contributed by atoms with Crippen LogP contribution in [0.3, 0.4) is 0 Å². The molecule has 0 unspecified atom stereocenters. The highest BCUT2D eigenvalue weighted by Gasteiger charge is 2.61. The van der Waals surface area contributed by atoms with Crippen molar-refractivity contribution in [3.63, 3.8) is 0 Å². The number of fused-ring (bicyclic) bond motifs is 4. The van der Waals surface area contributed by atoms with Crippen molar-refractivity contribution < 1.29 is 0 Å². The van der Waals surface area contributed by atoms with E-state index in [2.05, 4.69) is 0 Å². The van der Waals surface area contributed by atoms with Gasteiger partial charge in [0.25, 0.3) is 6.13 Å². The van der Waals surface area contributed by atoms with Crippen molar-refractivity contribution in [1.82, 2.24) is 0 Å². The summed E-state index contributed by atoms with van der Waals surface area (Å²) in [7, 11) is 0. The van der Waals surface area contributed by atoms with Gasteiger partial charge < -0.3 is 0 Å². The zero-order chi connectivity index (χ0) is 10.8. The normalized spacial score (nSPS) is 53.8. The van der Waals surface area contributed by atoms with Crippen molar-refractivity contribution in [2.45, 2.75) is 74.8 Å². The third-order valence-electron chi connectivity index (χ3n) is 6.67. The van der Waals surface area contributed by atoms with Crippen molar-refractivity contribution >= 4 is 17.6 Å². The fourth-order valence-electron chi connectivity index (χ4n) is 5.83. The zero-order valence-electron chi connectivity index (χ0n) is 10.2. The van der Waals surface area contributed by atoms with Gasteiger partial charge in [-0.3, -0.25) is 0 Å². The summed E-state index contributed by atoms with van der Waals surface area (Å²) in [6, 6.07) is 0. The van der Waals surface area contributed by atoms with Crippen LogP contribution in [0.4, 0.5) is 0 Å². The highest BCUT2D eigenvalue weighted by molar-refractivity contribution is 7.10. The molecule has 0 N–H and O–H groups in total. The molecule has 0 aromatic rings. The fourth-order valence-corrected chi connectivity index (χ4v) is 6.45. The Morgan fingerprint density at radius 2 is 1.12 bits per heavy atom. The summed E-state index contributed by atoms with van der Waals surface area (Å²) in [5.74, 6) is 2.10. The highest BCUT2D eigenvalue weighted by Crippen LogP contribution is 2.72. The molecule has 4 aliphatic carbocycles. The SMILES string of the molecule is ClB(C12CCC(CC1)C2)C12CCC(CC1)C2. The van der Waals surface area contributed by atoms with Gasteiger partial charge >= 0.3 is 0 Å². The zero-order valence-corrected chi connectivity index (χ0v) is 10.9. The first-order valence-corrected chi connectivity index (χ1v) is 7.80. The molecule has 2 heteroatoms. The van der Waals surface area contributed by atoms with Crippen molar-refractivity contribution in [3.05, 3.63) is 0 Å². The van der Waals surface area contributed by atoms with Crippen LogP contribution in [0, 0.1) is 11.8 Å². The molecule has 0 saturated heterocycles. The van der Waals surface area contributed by atoms with E-state index in [-0.39, 0.29) is 0 Å². The summed E-state index contributed by atoms with van der Waals surface area (Å²) in [5.41, 5.74) is 0. The number of hydrogen-bond acceptors (Lipinski definition) is 0. The van der Waals surface area contributed by atoms with Gasteiger partial charge in [-0.2, -0.15) is 11.5 Å². The van der Waals surface area contributed by atoms with E-state index in [9.17, 15) is 0 Å². The maximum absolute atomic E-state index is 7.06. The summed E-state index contributed by atoms with van der Waals surface area (Å²) in [5, 5.41) is 1.18. The molecule has 0 aromatic heterocycles. The first kappa shape index (κ1) is 10.3. The van der Waals surface area contributed by atoms with Gasteiger partial charge in [0.05, 0.1) is 0 Å². The second kappa shape index (κ2) is 3.22. The lowest BCUT2D eigenvalue weighted by Gasteiger charge is -2.40. The predicted molar refractivity (Wildman–Crippen MR) is 70.1 cm³/mol. The van der Waals surface area contributed by atoms with Crippen LogP contribution in [0.15, 0.2) is 0 Å². The second-order valence-electron chi connectivity index (χ2n) is 7.38. The molecule has 0 atom stereocenters. The maximum atomic E-state index is 7.06. The van der Waals surface area contributed by atoms with Crippen LogP contribution in [-0.4, -0.2) is 6.13 Å². The molecule has 0 aromatic carbocycles. The monoisotopic (exact) mass is 236 g/mol. The third kappa shape index (κ3) is 1.19. The Kier molecular flexibility index (Phi) is 2.07. The molecule has 4 saturated carbocycles.